The highest BCUT2D eigenvalue weighted by Crippen LogP contribution is 2.19. The van der Waals surface area contributed by atoms with E-state index < -0.39 is 0 Å². The largest absolute Gasteiger partial charge is 0.364 e. The van der Waals surface area contributed by atoms with Crippen molar-refractivity contribution in [3.8, 4) is 0 Å². The van der Waals surface area contributed by atoms with Gasteiger partial charge in [0.25, 0.3) is 0 Å². The minimum absolute atomic E-state index is 0.469. The standard InChI is InChI=1S/C8H8ClN3O/c1-13-5-12-3-2-6-7(9)10-4-11-8(6)12/h2-4H,5H2,1H3. The van der Waals surface area contributed by atoms with Gasteiger partial charge < -0.3 is 9.30 Å². The normalized spacial score (nSPS) is 10.9. The lowest BCUT2D eigenvalue weighted by Gasteiger charge is -2.01. The van der Waals surface area contributed by atoms with Crippen molar-refractivity contribution in [2.45, 2.75) is 6.73 Å². The summed E-state index contributed by atoms with van der Waals surface area (Å²) in [4.78, 5) is 7.99. The van der Waals surface area contributed by atoms with Gasteiger partial charge in [0, 0.05) is 13.3 Å². The van der Waals surface area contributed by atoms with E-state index in [4.69, 9.17) is 16.3 Å². The Morgan fingerprint density at radius 1 is 1.54 bits per heavy atom. The van der Waals surface area contributed by atoms with E-state index in [1.54, 1.807) is 7.11 Å². The third-order valence-electron chi connectivity index (χ3n) is 1.78. The van der Waals surface area contributed by atoms with Gasteiger partial charge in [-0.1, -0.05) is 11.6 Å². The Morgan fingerprint density at radius 3 is 3.15 bits per heavy atom. The van der Waals surface area contributed by atoms with Crippen LogP contribution < -0.4 is 0 Å². The van der Waals surface area contributed by atoms with Crippen LogP contribution in [0.15, 0.2) is 18.6 Å². The van der Waals surface area contributed by atoms with Crippen LogP contribution in [-0.4, -0.2) is 21.6 Å². The van der Waals surface area contributed by atoms with Gasteiger partial charge in [0.1, 0.15) is 23.9 Å². The summed E-state index contributed by atoms with van der Waals surface area (Å²) in [6.45, 7) is 0.469. The number of nitrogens with zero attached hydrogens (tertiary/aromatic N) is 3. The highest BCUT2D eigenvalue weighted by molar-refractivity contribution is 6.33. The summed E-state index contributed by atoms with van der Waals surface area (Å²) in [6, 6.07) is 1.87. The Bertz CT molecular complexity index is 426. The minimum atomic E-state index is 0.469. The van der Waals surface area contributed by atoms with Crippen molar-refractivity contribution >= 4 is 22.6 Å². The zero-order valence-corrected chi connectivity index (χ0v) is 7.82. The molecule has 0 bridgehead atoms. The van der Waals surface area contributed by atoms with Gasteiger partial charge in [-0.3, -0.25) is 0 Å². The van der Waals surface area contributed by atoms with E-state index in [0.717, 1.165) is 11.0 Å². The number of aromatic nitrogens is 3. The van der Waals surface area contributed by atoms with Gasteiger partial charge in [-0.05, 0) is 6.07 Å². The third-order valence-corrected chi connectivity index (χ3v) is 2.08. The maximum atomic E-state index is 5.87. The van der Waals surface area contributed by atoms with Crippen LogP contribution in [0, 0.1) is 0 Å². The SMILES string of the molecule is COCn1ccc2c(Cl)ncnc21. The van der Waals surface area contributed by atoms with Crippen LogP contribution in [0.5, 0.6) is 0 Å². The Morgan fingerprint density at radius 2 is 2.38 bits per heavy atom. The summed E-state index contributed by atoms with van der Waals surface area (Å²) in [7, 11) is 1.63. The van der Waals surface area contributed by atoms with Crippen molar-refractivity contribution in [3.63, 3.8) is 0 Å². The second-order valence-electron chi connectivity index (χ2n) is 2.61. The van der Waals surface area contributed by atoms with E-state index in [1.807, 2.05) is 16.8 Å². The topological polar surface area (TPSA) is 39.9 Å². The second kappa shape index (κ2) is 3.32. The second-order valence-corrected chi connectivity index (χ2v) is 2.96. The van der Waals surface area contributed by atoms with E-state index in [1.165, 1.54) is 6.33 Å². The molecule has 2 aromatic rings. The Labute approximate surface area is 80.1 Å². The highest BCUT2D eigenvalue weighted by Gasteiger charge is 2.05. The van der Waals surface area contributed by atoms with E-state index in [-0.39, 0.29) is 0 Å². The Hall–Kier alpha value is -1.13. The lowest BCUT2D eigenvalue weighted by Crippen LogP contribution is -1.98. The summed E-state index contributed by atoms with van der Waals surface area (Å²) >= 11 is 5.87. The van der Waals surface area contributed by atoms with Gasteiger partial charge in [-0.15, -0.1) is 0 Å². The first-order valence-electron chi connectivity index (χ1n) is 3.77. The summed E-state index contributed by atoms with van der Waals surface area (Å²) in [6.07, 6.45) is 3.31. The fraction of sp³-hybridized carbons (Fsp3) is 0.250. The third kappa shape index (κ3) is 1.38. The molecule has 4 nitrogen and oxygen atoms in total. The number of hydrogen-bond donors (Lipinski definition) is 0. The van der Waals surface area contributed by atoms with Crippen LogP contribution in [-0.2, 0) is 11.5 Å². The molecule has 0 aliphatic rings. The number of hydrogen-bond acceptors (Lipinski definition) is 3. The molecule has 0 amide bonds. The predicted octanol–water partition coefficient (Wildman–Crippen LogP) is 1.69. The van der Waals surface area contributed by atoms with Gasteiger partial charge in [-0.25, -0.2) is 9.97 Å². The molecule has 2 aromatic heterocycles. The molecule has 13 heavy (non-hydrogen) atoms. The van der Waals surface area contributed by atoms with Gasteiger partial charge in [0.05, 0.1) is 5.39 Å². The minimum Gasteiger partial charge on any atom is -0.364 e. The fourth-order valence-electron chi connectivity index (χ4n) is 1.22. The van der Waals surface area contributed by atoms with Crippen LogP contribution >= 0.6 is 11.6 Å². The number of halogens is 1. The predicted molar refractivity (Wildman–Crippen MR) is 49.5 cm³/mol. The highest BCUT2D eigenvalue weighted by atomic mass is 35.5. The van der Waals surface area contributed by atoms with Gasteiger partial charge in [-0.2, -0.15) is 0 Å². The molecule has 0 atom stereocenters. The van der Waals surface area contributed by atoms with E-state index in [0.29, 0.717) is 11.9 Å². The molecule has 0 fully saturated rings. The fourth-order valence-corrected chi connectivity index (χ4v) is 1.41. The lowest BCUT2D eigenvalue weighted by atomic mass is 10.4. The molecule has 0 N–H and O–H groups in total. The lowest BCUT2D eigenvalue weighted by molar-refractivity contribution is 0.134. The van der Waals surface area contributed by atoms with Crippen LogP contribution in [0.2, 0.25) is 5.15 Å². The summed E-state index contributed by atoms with van der Waals surface area (Å²) in [5.74, 6) is 0. The van der Waals surface area contributed by atoms with Crippen molar-refractivity contribution in [1.29, 1.82) is 0 Å². The van der Waals surface area contributed by atoms with Crippen molar-refractivity contribution < 1.29 is 4.74 Å². The van der Waals surface area contributed by atoms with Crippen molar-refractivity contribution in [2.24, 2.45) is 0 Å². The molecule has 0 unspecified atom stereocenters. The monoisotopic (exact) mass is 197 g/mol. The zero-order valence-electron chi connectivity index (χ0n) is 7.07. The molecular formula is C8H8ClN3O. The first-order valence-corrected chi connectivity index (χ1v) is 4.15. The van der Waals surface area contributed by atoms with Gasteiger partial charge in [0.2, 0.25) is 0 Å². The molecule has 0 aromatic carbocycles. The summed E-state index contributed by atoms with van der Waals surface area (Å²) in [5.41, 5.74) is 0.793. The van der Waals surface area contributed by atoms with Crippen molar-refractivity contribution in [1.82, 2.24) is 14.5 Å². The number of methoxy groups -OCH3 is 1. The molecule has 68 valence electrons. The Balaban J connectivity index is 2.61. The van der Waals surface area contributed by atoms with E-state index >= 15 is 0 Å². The van der Waals surface area contributed by atoms with Crippen LogP contribution in [0.3, 0.4) is 0 Å². The van der Waals surface area contributed by atoms with Gasteiger partial charge in [0.15, 0.2) is 0 Å². The van der Waals surface area contributed by atoms with Gasteiger partial charge >= 0.3 is 0 Å². The summed E-state index contributed by atoms with van der Waals surface area (Å²) in [5, 5.41) is 1.32. The molecule has 0 spiro atoms. The maximum absolute atomic E-state index is 5.87. The van der Waals surface area contributed by atoms with E-state index in [9.17, 15) is 0 Å². The zero-order chi connectivity index (χ0) is 9.26. The van der Waals surface area contributed by atoms with Crippen molar-refractivity contribution in [3.05, 3.63) is 23.7 Å². The van der Waals surface area contributed by atoms with Crippen LogP contribution in [0.1, 0.15) is 0 Å². The first-order chi connectivity index (χ1) is 6.33. The average Bonchev–Trinajstić information content (AvgIpc) is 2.51. The quantitative estimate of drug-likeness (QED) is 0.688. The molecule has 0 radical (unpaired) electrons. The number of fused-ring (bicyclic) bond motifs is 1. The smallest absolute Gasteiger partial charge is 0.146 e. The van der Waals surface area contributed by atoms with Crippen LogP contribution in [0.25, 0.3) is 11.0 Å². The molecule has 0 saturated heterocycles. The molecule has 0 aliphatic carbocycles. The number of ether oxygens (including phenoxy) is 1. The van der Waals surface area contributed by atoms with Crippen LogP contribution in [0.4, 0.5) is 0 Å². The van der Waals surface area contributed by atoms with E-state index in [2.05, 4.69) is 9.97 Å². The van der Waals surface area contributed by atoms with Crippen molar-refractivity contribution in [2.75, 3.05) is 7.11 Å². The number of rotatable bonds is 2. The summed E-state index contributed by atoms with van der Waals surface area (Å²) < 4.78 is 6.86. The Kier molecular flexibility index (Phi) is 2.16. The maximum Gasteiger partial charge on any atom is 0.146 e. The molecular weight excluding hydrogens is 190 g/mol. The molecule has 5 heteroatoms. The average molecular weight is 198 g/mol. The molecule has 0 saturated carbocycles. The molecule has 2 rings (SSSR count). The molecule has 0 aliphatic heterocycles. The molecule has 2 heterocycles. The first kappa shape index (κ1) is 8.47.